The topological polar surface area (TPSA) is 106 Å². The van der Waals surface area contributed by atoms with Crippen LogP contribution >= 0.6 is 21.6 Å². The van der Waals surface area contributed by atoms with Gasteiger partial charge in [0.25, 0.3) is 0 Å². The number of aromatic hydroxyl groups is 4. The van der Waals surface area contributed by atoms with Crippen molar-refractivity contribution >= 4 is 45.4 Å². The Hall–Kier alpha value is -3.88. The molecule has 170 valence electrons. The average Bonchev–Trinajstić information content (AvgIpc) is 2.85. The van der Waals surface area contributed by atoms with Gasteiger partial charge in [0.2, 0.25) is 0 Å². The lowest BCUT2D eigenvalue weighted by Crippen LogP contribution is -1.83. The summed E-state index contributed by atoms with van der Waals surface area (Å²) in [5.74, 6) is -0.817. The van der Waals surface area contributed by atoms with E-state index >= 15 is 0 Å². The fraction of sp³-hybridized carbons (Fsp3) is 0. The molecule has 0 aliphatic rings. The molecule has 0 aliphatic carbocycles. The largest absolute Gasteiger partial charge is 0.504 e. The first-order chi connectivity index (χ1) is 16.5. The van der Waals surface area contributed by atoms with Crippen LogP contribution in [0.5, 0.6) is 23.0 Å². The zero-order valence-corrected chi connectivity index (χ0v) is 19.4. The summed E-state index contributed by atoms with van der Waals surface area (Å²) in [6, 6.07) is 24.7. The monoisotopic (exact) mass is 488 g/mol. The van der Waals surface area contributed by atoms with Gasteiger partial charge in [-0.15, -0.1) is 0 Å². The van der Waals surface area contributed by atoms with Crippen LogP contribution in [0.4, 0.5) is 11.4 Å². The van der Waals surface area contributed by atoms with Crippen LogP contribution in [-0.4, -0.2) is 32.9 Å². The Morgan fingerprint density at radius 2 is 0.912 bits per heavy atom. The van der Waals surface area contributed by atoms with Crippen molar-refractivity contribution in [1.82, 2.24) is 0 Å². The molecule has 0 spiro atoms. The molecule has 0 saturated carbocycles. The highest BCUT2D eigenvalue weighted by molar-refractivity contribution is 8.76. The van der Waals surface area contributed by atoms with Crippen molar-refractivity contribution in [3.8, 4) is 23.0 Å². The van der Waals surface area contributed by atoms with Crippen molar-refractivity contribution in [2.24, 2.45) is 9.98 Å². The van der Waals surface area contributed by atoms with E-state index in [2.05, 4.69) is 9.98 Å². The standard InChI is InChI=1S/C26H20N2O4S2/c29-21-11-5-7-17(25(21)31)15-27-19-9-1-3-13-23(19)33-34-24-14-4-2-10-20(24)28-16-18-8-6-12-22(30)26(18)32/h1-16,29-32H. The van der Waals surface area contributed by atoms with E-state index in [4.69, 9.17) is 0 Å². The highest BCUT2D eigenvalue weighted by Crippen LogP contribution is 2.45. The van der Waals surface area contributed by atoms with Gasteiger partial charge in [-0.2, -0.15) is 0 Å². The fourth-order valence-corrected chi connectivity index (χ4v) is 5.19. The van der Waals surface area contributed by atoms with E-state index in [0.717, 1.165) is 9.79 Å². The number of hydrogen-bond acceptors (Lipinski definition) is 8. The van der Waals surface area contributed by atoms with Crippen LogP contribution in [0.2, 0.25) is 0 Å². The molecule has 0 saturated heterocycles. The molecule has 0 aromatic heterocycles. The molecule has 6 nitrogen and oxygen atoms in total. The summed E-state index contributed by atoms with van der Waals surface area (Å²) in [4.78, 5) is 10.8. The van der Waals surface area contributed by atoms with Gasteiger partial charge in [0.05, 0.1) is 11.4 Å². The average molecular weight is 489 g/mol. The van der Waals surface area contributed by atoms with Gasteiger partial charge in [0, 0.05) is 33.3 Å². The van der Waals surface area contributed by atoms with Gasteiger partial charge >= 0.3 is 0 Å². The lowest BCUT2D eigenvalue weighted by Gasteiger charge is -2.07. The smallest absolute Gasteiger partial charge is 0.166 e. The summed E-state index contributed by atoms with van der Waals surface area (Å²) in [5, 5.41) is 39.4. The molecule has 0 unspecified atom stereocenters. The molecule has 0 radical (unpaired) electrons. The van der Waals surface area contributed by atoms with Crippen molar-refractivity contribution in [2.75, 3.05) is 0 Å². The summed E-state index contributed by atoms with van der Waals surface area (Å²) in [6.07, 6.45) is 3.03. The van der Waals surface area contributed by atoms with E-state index in [1.165, 1.54) is 46.1 Å². The van der Waals surface area contributed by atoms with Crippen molar-refractivity contribution < 1.29 is 20.4 Å². The molecule has 4 N–H and O–H groups in total. The van der Waals surface area contributed by atoms with Crippen LogP contribution in [0.15, 0.2) is 105 Å². The van der Waals surface area contributed by atoms with E-state index in [1.807, 2.05) is 48.5 Å². The quantitative estimate of drug-likeness (QED) is 0.129. The van der Waals surface area contributed by atoms with Crippen LogP contribution < -0.4 is 0 Å². The Bertz CT molecular complexity index is 1270. The molecule has 0 bridgehead atoms. The summed E-state index contributed by atoms with van der Waals surface area (Å²) in [7, 11) is 3.02. The molecule has 4 aromatic rings. The minimum absolute atomic E-state index is 0.196. The zero-order valence-electron chi connectivity index (χ0n) is 17.7. The van der Waals surface area contributed by atoms with Gasteiger partial charge in [0.1, 0.15) is 0 Å². The fourth-order valence-electron chi connectivity index (χ4n) is 2.94. The van der Waals surface area contributed by atoms with Gasteiger partial charge < -0.3 is 20.4 Å². The Kier molecular flexibility index (Phi) is 7.41. The van der Waals surface area contributed by atoms with Crippen LogP contribution in [0, 0.1) is 0 Å². The Balaban J connectivity index is 1.53. The second-order valence-electron chi connectivity index (χ2n) is 7.05. The third kappa shape index (κ3) is 5.54. The highest BCUT2D eigenvalue weighted by atomic mass is 33.1. The molecule has 34 heavy (non-hydrogen) atoms. The number of aliphatic imine (C=N–C) groups is 2. The predicted molar refractivity (Wildman–Crippen MR) is 139 cm³/mol. The van der Waals surface area contributed by atoms with Crippen molar-refractivity contribution in [1.29, 1.82) is 0 Å². The third-order valence-electron chi connectivity index (χ3n) is 4.73. The third-order valence-corrected chi connectivity index (χ3v) is 7.19. The van der Waals surface area contributed by atoms with E-state index in [-0.39, 0.29) is 23.0 Å². The van der Waals surface area contributed by atoms with E-state index in [1.54, 1.807) is 24.3 Å². The maximum absolute atomic E-state index is 10.00. The lowest BCUT2D eigenvalue weighted by atomic mass is 10.2. The van der Waals surface area contributed by atoms with Crippen LogP contribution in [0.1, 0.15) is 11.1 Å². The molecule has 0 fully saturated rings. The second kappa shape index (κ2) is 10.8. The molecular weight excluding hydrogens is 468 g/mol. The number of hydrogen-bond donors (Lipinski definition) is 4. The van der Waals surface area contributed by atoms with Crippen LogP contribution in [0.25, 0.3) is 0 Å². The minimum Gasteiger partial charge on any atom is -0.504 e. The predicted octanol–water partition coefficient (Wildman–Crippen LogP) is 6.81. The minimum atomic E-state index is -0.213. The van der Waals surface area contributed by atoms with Gasteiger partial charge in [-0.05, 0) is 48.5 Å². The van der Waals surface area contributed by atoms with E-state index in [9.17, 15) is 20.4 Å². The first kappa shape index (κ1) is 23.3. The molecule has 0 aliphatic heterocycles. The molecule has 4 rings (SSSR count). The summed E-state index contributed by atoms with van der Waals surface area (Å²) in [6.45, 7) is 0. The summed E-state index contributed by atoms with van der Waals surface area (Å²) >= 11 is 0. The van der Waals surface area contributed by atoms with Gasteiger partial charge in [0.15, 0.2) is 23.0 Å². The van der Waals surface area contributed by atoms with Crippen molar-refractivity contribution in [3.63, 3.8) is 0 Å². The van der Waals surface area contributed by atoms with Crippen LogP contribution in [-0.2, 0) is 0 Å². The normalized spacial score (nSPS) is 11.4. The molecular formula is C26H20N2O4S2. The molecule has 0 heterocycles. The molecule has 4 aromatic carbocycles. The van der Waals surface area contributed by atoms with E-state index in [0.29, 0.717) is 22.5 Å². The SMILES string of the molecule is Oc1cccc(C=Nc2ccccc2SSc2ccccc2N=Cc2cccc(O)c2O)c1O. The second-order valence-corrected chi connectivity index (χ2v) is 9.26. The van der Waals surface area contributed by atoms with Crippen LogP contribution in [0.3, 0.4) is 0 Å². The maximum Gasteiger partial charge on any atom is 0.166 e. The maximum atomic E-state index is 10.00. The highest BCUT2D eigenvalue weighted by Gasteiger charge is 2.08. The summed E-state index contributed by atoms with van der Waals surface area (Å²) in [5.41, 5.74) is 2.27. The number of nitrogens with zero attached hydrogens (tertiary/aromatic N) is 2. The number of rotatable bonds is 7. The van der Waals surface area contributed by atoms with Crippen molar-refractivity contribution in [3.05, 3.63) is 96.1 Å². The van der Waals surface area contributed by atoms with Crippen molar-refractivity contribution in [2.45, 2.75) is 9.79 Å². The summed E-state index contributed by atoms with van der Waals surface area (Å²) < 4.78 is 0. The number of benzene rings is 4. The van der Waals surface area contributed by atoms with Gasteiger partial charge in [-0.25, -0.2) is 0 Å². The first-order valence-corrected chi connectivity index (χ1v) is 12.3. The first-order valence-electron chi connectivity index (χ1n) is 10.2. The molecule has 0 amide bonds. The van der Waals surface area contributed by atoms with Gasteiger partial charge in [-0.1, -0.05) is 58.0 Å². The lowest BCUT2D eigenvalue weighted by molar-refractivity contribution is 0.403. The number of phenols is 4. The number of para-hydroxylation sites is 4. The number of phenolic OH excluding ortho intramolecular Hbond substituents is 4. The Labute approximate surface area is 204 Å². The Morgan fingerprint density at radius 3 is 1.35 bits per heavy atom. The molecule has 0 atom stereocenters. The van der Waals surface area contributed by atoms with Gasteiger partial charge in [-0.3, -0.25) is 9.98 Å². The van der Waals surface area contributed by atoms with E-state index < -0.39 is 0 Å². The zero-order chi connectivity index (χ0) is 23.9. The Morgan fingerprint density at radius 1 is 0.500 bits per heavy atom. The molecule has 8 heteroatoms.